The number of carbonyl (C=O) groups excluding carboxylic acids is 1. The summed E-state index contributed by atoms with van der Waals surface area (Å²) in [5, 5.41) is 3.20. The Bertz CT molecular complexity index is 1130. The molecule has 0 unspecified atom stereocenters. The van der Waals surface area contributed by atoms with Crippen molar-refractivity contribution >= 4 is 39.0 Å². The molecule has 2 aromatic carbocycles. The van der Waals surface area contributed by atoms with Crippen molar-refractivity contribution in [2.75, 3.05) is 10.0 Å². The number of benzene rings is 2. The molecule has 3 aromatic rings. The molecule has 8 heteroatoms. The number of rotatable bonds is 5. The van der Waals surface area contributed by atoms with Crippen molar-refractivity contribution in [1.29, 1.82) is 0 Å². The lowest BCUT2D eigenvalue weighted by atomic mass is 10.1. The largest absolute Gasteiger partial charge is 0.322 e. The van der Waals surface area contributed by atoms with Gasteiger partial charge in [0.1, 0.15) is 5.82 Å². The maximum atomic E-state index is 12.8. The fourth-order valence-corrected chi connectivity index (χ4v) is 3.96. The molecule has 0 radical (unpaired) electrons. The third-order valence-electron chi connectivity index (χ3n) is 4.10. The normalized spacial score (nSPS) is 11.1. The number of hydrogen-bond acceptors (Lipinski definition) is 4. The van der Waals surface area contributed by atoms with E-state index in [1.807, 2.05) is 25.1 Å². The van der Waals surface area contributed by atoms with Crippen LogP contribution in [0.4, 0.5) is 11.5 Å². The first-order valence-corrected chi connectivity index (χ1v) is 10.2. The van der Waals surface area contributed by atoms with Gasteiger partial charge in [0.15, 0.2) is 0 Å². The maximum absolute atomic E-state index is 12.8. The van der Waals surface area contributed by atoms with Crippen molar-refractivity contribution in [2.24, 2.45) is 0 Å². The lowest BCUT2D eigenvalue weighted by molar-refractivity contribution is 0.102. The SMILES string of the molecule is Cc1ccccc1NC(=O)c1ccc(C)c(S(=O)(=O)Nc2ccc(Cl)cn2)c1. The summed E-state index contributed by atoms with van der Waals surface area (Å²) in [4.78, 5) is 16.5. The van der Waals surface area contributed by atoms with E-state index in [1.54, 1.807) is 25.1 Å². The quantitative estimate of drug-likeness (QED) is 0.646. The highest BCUT2D eigenvalue weighted by molar-refractivity contribution is 7.92. The van der Waals surface area contributed by atoms with Crippen molar-refractivity contribution in [3.63, 3.8) is 0 Å². The van der Waals surface area contributed by atoms with E-state index in [-0.39, 0.29) is 16.3 Å². The molecule has 0 spiro atoms. The summed E-state index contributed by atoms with van der Waals surface area (Å²) in [6.45, 7) is 3.54. The number of halogens is 1. The molecule has 28 heavy (non-hydrogen) atoms. The number of nitrogens with zero attached hydrogens (tertiary/aromatic N) is 1. The number of para-hydroxylation sites is 1. The highest BCUT2D eigenvalue weighted by Gasteiger charge is 2.20. The zero-order chi connectivity index (χ0) is 20.3. The zero-order valence-electron chi connectivity index (χ0n) is 15.2. The molecule has 0 saturated heterocycles. The van der Waals surface area contributed by atoms with E-state index in [0.29, 0.717) is 16.3 Å². The number of anilines is 2. The van der Waals surface area contributed by atoms with Gasteiger partial charge in [0.25, 0.3) is 15.9 Å². The van der Waals surface area contributed by atoms with Crippen LogP contribution in [0, 0.1) is 13.8 Å². The topological polar surface area (TPSA) is 88.2 Å². The number of aromatic nitrogens is 1. The molecule has 0 aliphatic heterocycles. The molecule has 2 N–H and O–H groups in total. The molecule has 0 atom stereocenters. The Hall–Kier alpha value is -2.90. The first-order valence-electron chi connectivity index (χ1n) is 8.38. The molecule has 1 amide bonds. The van der Waals surface area contributed by atoms with Gasteiger partial charge in [0, 0.05) is 17.4 Å². The third kappa shape index (κ3) is 4.49. The second-order valence-electron chi connectivity index (χ2n) is 6.22. The number of hydrogen-bond donors (Lipinski definition) is 2. The highest BCUT2D eigenvalue weighted by atomic mass is 35.5. The van der Waals surface area contributed by atoms with Gasteiger partial charge < -0.3 is 5.32 Å². The molecule has 0 bridgehead atoms. The Balaban J connectivity index is 1.89. The van der Waals surface area contributed by atoms with Crippen LogP contribution in [-0.2, 0) is 10.0 Å². The summed E-state index contributed by atoms with van der Waals surface area (Å²) < 4.78 is 28.0. The van der Waals surface area contributed by atoms with E-state index in [2.05, 4.69) is 15.0 Å². The number of amides is 1. The van der Waals surface area contributed by atoms with Crippen LogP contribution < -0.4 is 10.0 Å². The second-order valence-corrected chi connectivity index (χ2v) is 8.30. The van der Waals surface area contributed by atoms with Gasteiger partial charge >= 0.3 is 0 Å². The lowest BCUT2D eigenvalue weighted by Gasteiger charge is -2.12. The van der Waals surface area contributed by atoms with Crippen LogP contribution in [0.15, 0.2) is 65.7 Å². The smallest absolute Gasteiger partial charge is 0.263 e. The highest BCUT2D eigenvalue weighted by Crippen LogP contribution is 2.22. The molecule has 0 saturated carbocycles. The molecule has 1 heterocycles. The molecule has 3 rings (SSSR count). The van der Waals surface area contributed by atoms with Crippen molar-refractivity contribution in [3.8, 4) is 0 Å². The van der Waals surface area contributed by atoms with Crippen molar-refractivity contribution in [1.82, 2.24) is 4.98 Å². The molecule has 0 aliphatic rings. The Morgan fingerprint density at radius 1 is 1.00 bits per heavy atom. The summed E-state index contributed by atoms with van der Waals surface area (Å²) in [7, 11) is -3.93. The number of nitrogens with one attached hydrogen (secondary N) is 2. The second kappa shape index (κ2) is 8.00. The minimum atomic E-state index is -3.93. The van der Waals surface area contributed by atoms with Crippen molar-refractivity contribution in [2.45, 2.75) is 18.7 Å². The summed E-state index contributed by atoms with van der Waals surface area (Å²) in [6, 6.07) is 14.9. The van der Waals surface area contributed by atoms with E-state index < -0.39 is 15.9 Å². The number of aryl methyl sites for hydroxylation is 2. The zero-order valence-corrected chi connectivity index (χ0v) is 16.8. The number of sulfonamides is 1. The monoisotopic (exact) mass is 415 g/mol. The Morgan fingerprint density at radius 3 is 2.43 bits per heavy atom. The van der Waals surface area contributed by atoms with Crippen LogP contribution in [0.5, 0.6) is 0 Å². The first kappa shape index (κ1) is 19.9. The fourth-order valence-electron chi connectivity index (χ4n) is 2.57. The predicted octanol–water partition coefficient (Wildman–Crippen LogP) is 4.40. The molecule has 6 nitrogen and oxygen atoms in total. The van der Waals surface area contributed by atoms with E-state index in [9.17, 15) is 13.2 Å². The average Bonchev–Trinajstić information content (AvgIpc) is 2.65. The van der Waals surface area contributed by atoms with Crippen LogP contribution in [0.3, 0.4) is 0 Å². The molecule has 0 fully saturated rings. The number of carbonyl (C=O) groups is 1. The van der Waals surface area contributed by atoms with Crippen LogP contribution in [0.1, 0.15) is 21.5 Å². The molecular formula is C20H18ClN3O3S. The summed E-state index contributed by atoms with van der Waals surface area (Å²) >= 11 is 5.77. The number of pyridine rings is 1. The minimum absolute atomic E-state index is 0.00156. The minimum Gasteiger partial charge on any atom is -0.322 e. The van der Waals surface area contributed by atoms with E-state index in [4.69, 9.17) is 11.6 Å². The van der Waals surface area contributed by atoms with Gasteiger partial charge in [0.05, 0.1) is 9.92 Å². The molecule has 0 aliphatic carbocycles. The van der Waals surface area contributed by atoms with Gasteiger partial charge in [-0.3, -0.25) is 9.52 Å². The van der Waals surface area contributed by atoms with Gasteiger partial charge in [-0.05, 0) is 55.3 Å². The molecule has 1 aromatic heterocycles. The van der Waals surface area contributed by atoms with Crippen molar-refractivity contribution < 1.29 is 13.2 Å². The molecule has 144 valence electrons. The summed E-state index contributed by atoms with van der Waals surface area (Å²) in [5.74, 6) is -0.256. The first-order chi connectivity index (χ1) is 13.3. The Kier molecular flexibility index (Phi) is 5.67. The van der Waals surface area contributed by atoms with Crippen LogP contribution in [0.2, 0.25) is 5.02 Å². The van der Waals surface area contributed by atoms with Gasteiger partial charge in [0.2, 0.25) is 0 Å². The van der Waals surface area contributed by atoms with Crippen LogP contribution in [-0.4, -0.2) is 19.3 Å². The summed E-state index contributed by atoms with van der Waals surface area (Å²) in [6.07, 6.45) is 1.35. The maximum Gasteiger partial charge on any atom is 0.263 e. The third-order valence-corrected chi connectivity index (χ3v) is 5.82. The van der Waals surface area contributed by atoms with E-state index in [1.165, 1.54) is 24.4 Å². The van der Waals surface area contributed by atoms with Gasteiger partial charge in [-0.15, -0.1) is 0 Å². The summed E-state index contributed by atoms with van der Waals surface area (Å²) in [5.41, 5.74) is 2.32. The fraction of sp³-hybridized carbons (Fsp3) is 0.100. The van der Waals surface area contributed by atoms with Crippen molar-refractivity contribution in [3.05, 3.63) is 82.5 Å². The Labute approximate surface area is 168 Å². The predicted molar refractivity (Wildman–Crippen MR) is 110 cm³/mol. The van der Waals surface area contributed by atoms with Gasteiger partial charge in [-0.1, -0.05) is 35.9 Å². The lowest BCUT2D eigenvalue weighted by Crippen LogP contribution is -2.17. The standard InChI is InChI=1S/C20H18ClN3O3S/c1-13-5-3-4-6-17(13)23-20(25)15-8-7-14(2)18(11-15)28(26,27)24-19-10-9-16(21)12-22-19/h3-12H,1-2H3,(H,22,24)(H,23,25). The van der Waals surface area contributed by atoms with Gasteiger partial charge in [-0.2, -0.15) is 0 Å². The average molecular weight is 416 g/mol. The Morgan fingerprint density at radius 2 is 1.75 bits per heavy atom. The molecular weight excluding hydrogens is 398 g/mol. The van der Waals surface area contributed by atoms with Crippen LogP contribution in [0.25, 0.3) is 0 Å². The van der Waals surface area contributed by atoms with Crippen LogP contribution >= 0.6 is 11.6 Å². The van der Waals surface area contributed by atoms with Gasteiger partial charge in [-0.25, -0.2) is 13.4 Å². The van der Waals surface area contributed by atoms with E-state index in [0.717, 1.165) is 5.56 Å². The van der Waals surface area contributed by atoms with E-state index >= 15 is 0 Å².